The number of benzene rings is 1. The van der Waals surface area contributed by atoms with Gasteiger partial charge in [-0.1, -0.05) is 6.07 Å². The summed E-state index contributed by atoms with van der Waals surface area (Å²) in [5.74, 6) is 0.472. The van der Waals surface area contributed by atoms with Crippen LogP contribution < -0.4 is 0 Å². The van der Waals surface area contributed by atoms with Gasteiger partial charge in [0.25, 0.3) is 0 Å². The van der Waals surface area contributed by atoms with Gasteiger partial charge >= 0.3 is 0 Å². The van der Waals surface area contributed by atoms with Crippen LogP contribution >= 0.6 is 0 Å². The molecule has 0 spiro atoms. The van der Waals surface area contributed by atoms with E-state index >= 15 is 0 Å². The van der Waals surface area contributed by atoms with Gasteiger partial charge in [0.1, 0.15) is 5.82 Å². The molecule has 3 aliphatic rings. The molecule has 5 atom stereocenters. The van der Waals surface area contributed by atoms with Crippen LogP contribution in [0.25, 0.3) is 0 Å². The topological polar surface area (TPSA) is 23.5 Å². The SMILES string of the molecule is CN1C2CCC1C1C(O)c3cc(F)ccc3C1C2. The van der Waals surface area contributed by atoms with Crippen LogP contribution in [-0.4, -0.2) is 29.1 Å². The Labute approximate surface area is 106 Å². The molecule has 0 saturated carbocycles. The molecule has 5 unspecified atom stereocenters. The Morgan fingerprint density at radius 3 is 2.94 bits per heavy atom. The maximum Gasteiger partial charge on any atom is 0.123 e. The Morgan fingerprint density at radius 2 is 2.11 bits per heavy atom. The smallest absolute Gasteiger partial charge is 0.123 e. The molecule has 1 aromatic carbocycles. The monoisotopic (exact) mass is 247 g/mol. The minimum atomic E-state index is -0.479. The Morgan fingerprint density at radius 1 is 1.28 bits per heavy atom. The average Bonchev–Trinajstić information content (AvgIpc) is 2.74. The van der Waals surface area contributed by atoms with E-state index < -0.39 is 6.10 Å². The number of aliphatic hydroxyl groups is 1. The number of fused-ring (bicyclic) bond motifs is 6. The van der Waals surface area contributed by atoms with Crippen LogP contribution in [0.1, 0.15) is 42.4 Å². The second-order valence-corrected chi connectivity index (χ2v) is 6.10. The summed E-state index contributed by atoms with van der Waals surface area (Å²) >= 11 is 0. The lowest BCUT2D eigenvalue weighted by Crippen LogP contribution is -2.45. The summed E-state index contributed by atoms with van der Waals surface area (Å²) in [4.78, 5) is 2.44. The van der Waals surface area contributed by atoms with Gasteiger partial charge in [-0.15, -0.1) is 0 Å². The molecule has 1 aliphatic carbocycles. The van der Waals surface area contributed by atoms with E-state index in [9.17, 15) is 9.50 Å². The lowest BCUT2D eigenvalue weighted by atomic mass is 9.80. The van der Waals surface area contributed by atoms with Crippen LogP contribution in [0.15, 0.2) is 18.2 Å². The van der Waals surface area contributed by atoms with Crippen molar-refractivity contribution in [3.8, 4) is 0 Å². The van der Waals surface area contributed by atoms with Gasteiger partial charge in [-0.05, 0) is 55.5 Å². The number of nitrogens with zero attached hydrogens (tertiary/aromatic N) is 1. The van der Waals surface area contributed by atoms with Gasteiger partial charge in [-0.2, -0.15) is 0 Å². The number of rotatable bonds is 0. The highest BCUT2D eigenvalue weighted by molar-refractivity contribution is 5.41. The van der Waals surface area contributed by atoms with Crippen molar-refractivity contribution < 1.29 is 9.50 Å². The minimum Gasteiger partial charge on any atom is -0.388 e. The molecule has 1 aromatic rings. The van der Waals surface area contributed by atoms with E-state index in [1.54, 1.807) is 0 Å². The summed E-state index contributed by atoms with van der Waals surface area (Å²) in [5, 5.41) is 10.5. The normalized spacial score (nSPS) is 41.8. The zero-order valence-electron chi connectivity index (χ0n) is 10.5. The third-order valence-corrected chi connectivity index (χ3v) is 5.46. The first-order valence-electron chi connectivity index (χ1n) is 6.86. The van der Waals surface area contributed by atoms with Gasteiger partial charge in [0.15, 0.2) is 0 Å². The van der Waals surface area contributed by atoms with Crippen molar-refractivity contribution in [3.63, 3.8) is 0 Å². The summed E-state index contributed by atoms with van der Waals surface area (Å²) in [6, 6.07) is 6.09. The average molecular weight is 247 g/mol. The highest BCUT2D eigenvalue weighted by atomic mass is 19.1. The largest absolute Gasteiger partial charge is 0.388 e. The van der Waals surface area contributed by atoms with Crippen molar-refractivity contribution >= 4 is 0 Å². The quantitative estimate of drug-likeness (QED) is 0.761. The van der Waals surface area contributed by atoms with Crippen molar-refractivity contribution in [2.75, 3.05) is 7.05 Å². The predicted octanol–water partition coefficient (Wildman–Crippen LogP) is 2.44. The molecule has 3 heteroatoms. The zero-order chi connectivity index (χ0) is 12.4. The zero-order valence-corrected chi connectivity index (χ0v) is 10.5. The lowest BCUT2D eigenvalue weighted by molar-refractivity contribution is 0.0194. The van der Waals surface area contributed by atoms with Crippen molar-refractivity contribution in [1.82, 2.24) is 4.90 Å². The molecule has 0 aromatic heterocycles. The Bertz CT molecular complexity index is 503. The van der Waals surface area contributed by atoms with E-state index in [1.165, 1.54) is 30.5 Å². The molecule has 96 valence electrons. The van der Waals surface area contributed by atoms with Crippen molar-refractivity contribution in [3.05, 3.63) is 35.1 Å². The second kappa shape index (κ2) is 3.55. The molecule has 1 N–H and O–H groups in total. The maximum absolute atomic E-state index is 13.4. The van der Waals surface area contributed by atoms with Gasteiger partial charge in [0.05, 0.1) is 6.10 Å². The molecule has 2 aliphatic heterocycles. The number of aliphatic hydroxyl groups excluding tert-OH is 1. The van der Waals surface area contributed by atoms with E-state index in [2.05, 4.69) is 11.9 Å². The third-order valence-electron chi connectivity index (χ3n) is 5.46. The van der Waals surface area contributed by atoms with E-state index in [1.807, 2.05) is 6.07 Å². The summed E-state index contributed by atoms with van der Waals surface area (Å²) in [6.45, 7) is 0. The van der Waals surface area contributed by atoms with Crippen molar-refractivity contribution in [2.24, 2.45) is 5.92 Å². The fraction of sp³-hybridized carbons (Fsp3) is 0.600. The number of piperidine rings is 1. The number of halogens is 1. The highest BCUT2D eigenvalue weighted by Gasteiger charge is 2.52. The molecule has 0 amide bonds. The van der Waals surface area contributed by atoms with Crippen LogP contribution in [0.3, 0.4) is 0 Å². The van der Waals surface area contributed by atoms with E-state index in [0.717, 1.165) is 12.0 Å². The number of hydrogen-bond donors (Lipinski definition) is 1. The van der Waals surface area contributed by atoms with Crippen LogP contribution in [-0.2, 0) is 0 Å². The van der Waals surface area contributed by atoms with Crippen molar-refractivity contribution in [1.29, 1.82) is 0 Å². The molecule has 2 fully saturated rings. The summed E-state index contributed by atoms with van der Waals surface area (Å²) in [6.07, 6.45) is 3.06. The highest BCUT2D eigenvalue weighted by Crippen LogP contribution is 2.56. The van der Waals surface area contributed by atoms with Gasteiger partial charge in [0.2, 0.25) is 0 Å². The van der Waals surface area contributed by atoms with Crippen LogP contribution in [0, 0.1) is 11.7 Å². The first-order chi connectivity index (χ1) is 8.66. The number of hydrogen-bond acceptors (Lipinski definition) is 2. The maximum atomic E-state index is 13.4. The second-order valence-electron chi connectivity index (χ2n) is 6.10. The lowest BCUT2D eigenvalue weighted by Gasteiger charge is -2.41. The molecular weight excluding hydrogens is 229 g/mol. The predicted molar refractivity (Wildman–Crippen MR) is 66.8 cm³/mol. The summed E-state index contributed by atoms with van der Waals surface area (Å²) in [5.41, 5.74) is 2.03. The summed E-state index contributed by atoms with van der Waals surface area (Å²) in [7, 11) is 2.18. The molecule has 2 bridgehead atoms. The first kappa shape index (κ1) is 10.9. The molecule has 2 nitrogen and oxygen atoms in total. The fourth-order valence-electron chi connectivity index (χ4n) is 4.62. The van der Waals surface area contributed by atoms with Crippen molar-refractivity contribution in [2.45, 2.75) is 43.4 Å². The minimum absolute atomic E-state index is 0.232. The Balaban J connectivity index is 1.82. The standard InChI is InChI=1S/C15H18FNO/c1-17-9-3-5-13(17)14-11(7-9)10-4-2-8(16)6-12(10)15(14)18/h2,4,6,9,11,13-15,18H,3,5,7H2,1H3. The molecular formula is C15H18FNO. The van der Waals surface area contributed by atoms with Gasteiger partial charge in [0, 0.05) is 18.0 Å². The molecule has 2 saturated heterocycles. The Kier molecular flexibility index (Phi) is 2.16. The van der Waals surface area contributed by atoms with E-state index in [-0.39, 0.29) is 11.7 Å². The Hall–Kier alpha value is -0.930. The van der Waals surface area contributed by atoms with E-state index in [4.69, 9.17) is 0 Å². The molecule has 2 heterocycles. The van der Waals surface area contributed by atoms with Gasteiger partial charge in [-0.25, -0.2) is 4.39 Å². The van der Waals surface area contributed by atoms with E-state index in [0.29, 0.717) is 18.0 Å². The molecule has 0 radical (unpaired) electrons. The first-order valence-corrected chi connectivity index (χ1v) is 6.86. The summed E-state index contributed by atoms with van der Waals surface area (Å²) < 4.78 is 13.4. The van der Waals surface area contributed by atoms with Gasteiger partial charge in [-0.3, -0.25) is 0 Å². The molecule has 4 rings (SSSR count). The van der Waals surface area contributed by atoms with Crippen LogP contribution in [0.2, 0.25) is 0 Å². The molecule has 18 heavy (non-hydrogen) atoms. The van der Waals surface area contributed by atoms with Crippen LogP contribution in [0.5, 0.6) is 0 Å². The van der Waals surface area contributed by atoms with Gasteiger partial charge < -0.3 is 10.0 Å². The van der Waals surface area contributed by atoms with Crippen LogP contribution in [0.4, 0.5) is 4.39 Å². The third kappa shape index (κ3) is 1.24. The fourth-order valence-corrected chi connectivity index (χ4v) is 4.62.